The molecule has 1 unspecified atom stereocenters. The number of piperidine rings is 1. The molecule has 0 bridgehead atoms. The number of amides is 1. The summed E-state index contributed by atoms with van der Waals surface area (Å²) in [6.07, 6.45) is 3.93. The van der Waals surface area contributed by atoms with Crippen molar-refractivity contribution >= 4 is 18.3 Å². The largest absolute Gasteiger partial charge is 0.489 e. The molecule has 2 rings (SSSR count). The standard InChI is InChI=1S/C17H24N2O2.ClH/c1-3-11-21-16-9-5-4-8-15(16)17(20)19-10-6-7-14(13-19)12-18-2;/h3-5,8-9,14,18H,1,6-7,10-13H2,2H3;1H. The normalized spacial score (nSPS) is 17.5. The second kappa shape index (κ2) is 9.49. The average molecular weight is 325 g/mol. The van der Waals surface area contributed by atoms with Gasteiger partial charge in [-0.1, -0.05) is 24.8 Å². The van der Waals surface area contributed by atoms with Crippen LogP contribution in [0.1, 0.15) is 23.2 Å². The van der Waals surface area contributed by atoms with Gasteiger partial charge in [0, 0.05) is 13.1 Å². The number of carbonyl (C=O) groups excluding carboxylic acids is 1. The SMILES string of the molecule is C=CCOc1ccccc1C(=O)N1CCCC(CNC)C1.Cl. The van der Waals surface area contributed by atoms with Gasteiger partial charge < -0.3 is 15.0 Å². The van der Waals surface area contributed by atoms with Gasteiger partial charge in [-0.25, -0.2) is 0 Å². The molecule has 1 atom stereocenters. The Hall–Kier alpha value is -1.52. The summed E-state index contributed by atoms with van der Waals surface area (Å²) in [5.41, 5.74) is 0.643. The molecule has 4 nitrogen and oxygen atoms in total. The Morgan fingerprint density at radius 2 is 2.27 bits per heavy atom. The lowest BCUT2D eigenvalue weighted by Gasteiger charge is -2.33. The maximum atomic E-state index is 12.7. The maximum absolute atomic E-state index is 12.7. The summed E-state index contributed by atoms with van der Waals surface area (Å²) in [7, 11) is 1.96. The second-order valence-corrected chi connectivity index (χ2v) is 5.41. The summed E-state index contributed by atoms with van der Waals surface area (Å²) in [5.74, 6) is 1.24. The fraction of sp³-hybridized carbons (Fsp3) is 0.471. The van der Waals surface area contributed by atoms with Crippen LogP contribution < -0.4 is 10.1 Å². The van der Waals surface area contributed by atoms with Crippen LogP contribution in [0.4, 0.5) is 0 Å². The number of para-hydroxylation sites is 1. The zero-order valence-electron chi connectivity index (χ0n) is 13.1. The zero-order valence-corrected chi connectivity index (χ0v) is 13.9. The summed E-state index contributed by atoms with van der Waals surface area (Å²) in [6, 6.07) is 7.44. The summed E-state index contributed by atoms with van der Waals surface area (Å²) in [5, 5.41) is 3.20. The van der Waals surface area contributed by atoms with Crippen molar-refractivity contribution in [2.75, 3.05) is 33.3 Å². The number of carbonyl (C=O) groups is 1. The zero-order chi connectivity index (χ0) is 15.1. The summed E-state index contributed by atoms with van der Waals surface area (Å²) in [6.45, 7) is 6.65. The van der Waals surface area contributed by atoms with Crippen LogP contribution in [0.25, 0.3) is 0 Å². The molecule has 1 aliphatic heterocycles. The molecule has 1 heterocycles. The van der Waals surface area contributed by atoms with Gasteiger partial charge >= 0.3 is 0 Å². The van der Waals surface area contributed by atoms with E-state index in [1.54, 1.807) is 6.08 Å². The van der Waals surface area contributed by atoms with E-state index >= 15 is 0 Å². The van der Waals surface area contributed by atoms with E-state index < -0.39 is 0 Å². The van der Waals surface area contributed by atoms with Gasteiger partial charge in [0.2, 0.25) is 0 Å². The molecule has 1 amide bonds. The van der Waals surface area contributed by atoms with Crippen molar-refractivity contribution in [1.82, 2.24) is 10.2 Å². The lowest BCUT2D eigenvalue weighted by atomic mass is 9.97. The predicted octanol–water partition coefficient (Wildman–Crippen LogP) is 2.74. The Morgan fingerprint density at radius 1 is 1.50 bits per heavy atom. The summed E-state index contributed by atoms with van der Waals surface area (Å²) < 4.78 is 5.59. The first kappa shape index (κ1) is 18.5. The predicted molar refractivity (Wildman–Crippen MR) is 91.9 cm³/mol. The third kappa shape index (κ3) is 4.75. The molecule has 0 aromatic heterocycles. The van der Waals surface area contributed by atoms with Crippen LogP contribution in [0.5, 0.6) is 5.75 Å². The first-order chi connectivity index (χ1) is 10.3. The van der Waals surface area contributed by atoms with Gasteiger partial charge in [0.15, 0.2) is 0 Å². The van der Waals surface area contributed by atoms with Crippen LogP contribution in [-0.2, 0) is 0 Å². The Labute approximate surface area is 138 Å². The third-order valence-electron chi connectivity index (χ3n) is 3.77. The third-order valence-corrected chi connectivity index (χ3v) is 3.77. The van der Waals surface area contributed by atoms with E-state index in [4.69, 9.17) is 4.74 Å². The van der Waals surface area contributed by atoms with Crippen LogP contribution >= 0.6 is 12.4 Å². The highest BCUT2D eigenvalue weighted by molar-refractivity contribution is 5.97. The van der Waals surface area contributed by atoms with Gasteiger partial charge in [-0.3, -0.25) is 4.79 Å². The molecule has 1 N–H and O–H groups in total. The molecule has 1 saturated heterocycles. The minimum atomic E-state index is 0. The number of benzene rings is 1. The molecule has 1 aromatic rings. The van der Waals surface area contributed by atoms with Gasteiger partial charge in [0.25, 0.3) is 5.91 Å². The quantitative estimate of drug-likeness (QED) is 0.818. The Balaban J connectivity index is 0.00000242. The van der Waals surface area contributed by atoms with Crippen molar-refractivity contribution in [1.29, 1.82) is 0 Å². The van der Waals surface area contributed by atoms with Crippen LogP contribution in [0.3, 0.4) is 0 Å². The van der Waals surface area contributed by atoms with Gasteiger partial charge in [-0.05, 0) is 44.5 Å². The van der Waals surface area contributed by atoms with Crippen LogP contribution in [-0.4, -0.2) is 44.1 Å². The monoisotopic (exact) mass is 324 g/mol. The topological polar surface area (TPSA) is 41.6 Å². The Morgan fingerprint density at radius 3 is 3.00 bits per heavy atom. The number of likely N-dealkylation sites (tertiary alicyclic amines) is 1. The van der Waals surface area contributed by atoms with Gasteiger partial charge in [0.1, 0.15) is 12.4 Å². The fourth-order valence-electron chi connectivity index (χ4n) is 2.79. The molecular weight excluding hydrogens is 300 g/mol. The van der Waals surface area contributed by atoms with Crippen LogP contribution in [0.15, 0.2) is 36.9 Å². The molecule has 0 spiro atoms. The molecule has 0 radical (unpaired) electrons. The molecular formula is C17H25ClN2O2. The molecule has 0 aliphatic carbocycles. The van der Waals surface area contributed by atoms with E-state index in [9.17, 15) is 4.79 Å². The molecule has 1 aromatic carbocycles. The van der Waals surface area contributed by atoms with Crippen LogP contribution in [0.2, 0.25) is 0 Å². The Bertz CT molecular complexity index is 491. The van der Waals surface area contributed by atoms with E-state index in [2.05, 4.69) is 11.9 Å². The highest BCUT2D eigenvalue weighted by Gasteiger charge is 2.25. The van der Waals surface area contributed by atoms with Crippen molar-refractivity contribution in [2.24, 2.45) is 5.92 Å². The van der Waals surface area contributed by atoms with E-state index in [-0.39, 0.29) is 18.3 Å². The van der Waals surface area contributed by atoms with Crippen molar-refractivity contribution in [2.45, 2.75) is 12.8 Å². The lowest BCUT2D eigenvalue weighted by molar-refractivity contribution is 0.0670. The van der Waals surface area contributed by atoms with Crippen molar-refractivity contribution in [3.63, 3.8) is 0 Å². The van der Waals surface area contributed by atoms with Gasteiger partial charge in [-0.15, -0.1) is 12.4 Å². The maximum Gasteiger partial charge on any atom is 0.257 e. The van der Waals surface area contributed by atoms with Crippen molar-refractivity contribution in [3.8, 4) is 5.75 Å². The molecule has 22 heavy (non-hydrogen) atoms. The number of hydrogen-bond donors (Lipinski definition) is 1. The summed E-state index contributed by atoms with van der Waals surface area (Å²) in [4.78, 5) is 14.7. The number of nitrogens with zero attached hydrogens (tertiary/aromatic N) is 1. The number of halogens is 1. The summed E-state index contributed by atoms with van der Waals surface area (Å²) >= 11 is 0. The Kier molecular flexibility index (Phi) is 7.99. The van der Waals surface area contributed by atoms with E-state index in [0.717, 1.165) is 26.1 Å². The smallest absolute Gasteiger partial charge is 0.257 e. The van der Waals surface area contributed by atoms with Crippen LogP contribution in [0, 0.1) is 5.92 Å². The molecule has 0 saturated carbocycles. The minimum absolute atomic E-state index is 0. The number of ether oxygens (including phenoxy) is 1. The molecule has 122 valence electrons. The van der Waals surface area contributed by atoms with E-state index in [1.807, 2.05) is 36.2 Å². The van der Waals surface area contributed by atoms with Gasteiger partial charge in [0.05, 0.1) is 5.56 Å². The lowest BCUT2D eigenvalue weighted by Crippen LogP contribution is -2.42. The number of rotatable bonds is 6. The van der Waals surface area contributed by atoms with E-state index in [1.165, 1.54) is 6.42 Å². The highest BCUT2D eigenvalue weighted by Crippen LogP contribution is 2.23. The van der Waals surface area contributed by atoms with Crippen molar-refractivity contribution < 1.29 is 9.53 Å². The molecule has 1 aliphatic rings. The number of nitrogens with one attached hydrogen (secondary N) is 1. The second-order valence-electron chi connectivity index (χ2n) is 5.41. The molecule has 5 heteroatoms. The van der Waals surface area contributed by atoms with Crippen molar-refractivity contribution in [3.05, 3.63) is 42.5 Å². The highest BCUT2D eigenvalue weighted by atomic mass is 35.5. The first-order valence-corrected chi connectivity index (χ1v) is 7.53. The average Bonchev–Trinajstić information content (AvgIpc) is 2.53. The van der Waals surface area contributed by atoms with Gasteiger partial charge in [-0.2, -0.15) is 0 Å². The fourth-order valence-corrected chi connectivity index (χ4v) is 2.79. The van der Waals surface area contributed by atoms with E-state index in [0.29, 0.717) is 23.8 Å². The molecule has 1 fully saturated rings. The minimum Gasteiger partial charge on any atom is -0.489 e. The first-order valence-electron chi connectivity index (χ1n) is 7.53. The number of hydrogen-bond acceptors (Lipinski definition) is 3.